The van der Waals surface area contributed by atoms with Crippen molar-refractivity contribution in [3.63, 3.8) is 0 Å². The van der Waals surface area contributed by atoms with E-state index in [-0.39, 0.29) is 10.9 Å². The molecule has 4 aromatic rings. The molecule has 1 amide bonds. The van der Waals surface area contributed by atoms with Gasteiger partial charge in [0.2, 0.25) is 5.89 Å². The van der Waals surface area contributed by atoms with Crippen molar-refractivity contribution in [2.75, 3.05) is 19.5 Å². The Balaban J connectivity index is 1.46. The number of benzene rings is 3. The Hall–Kier alpha value is -3.98. The summed E-state index contributed by atoms with van der Waals surface area (Å²) in [5, 5.41) is 5.70. The summed E-state index contributed by atoms with van der Waals surface area (Å²) in [6, 6.07) is 15.9. The maximum Gasteiger partial charge on any atom is 0.257 e. The highest BCUT2D eigenvalue weighted by atomic mass is 32.1. The monoisotopic (exact) mass is 451 g/mol. The average Bonchev–Trinajstić information content (AvgIpc) is 3.22. The first-order valence-corrected chi connectivity index (χ1v) is 9.88. The molecule has 3 aromatic carbocycles. The number of methoxy groups -OCH3 is 2. The fourth-order valence-corrected chi connectivity index (χ4v) is 3.25. The summed E-state index contributed by atoms with van der Waals surface area (Å²) < 4.78 is 29.3. The number of carbonyl (C=O) groups excluding carboxylic acids is 1. The molecule has 0 atom stereocenters. The molecule has 7 nitrogen and oxygen atoms in total. The predicted octanol–water partition coefficient (Wildman–Crippen LogP) is 4.78. The van der Waals surface area contributed by atoms with Crippen molar-refractivity contribution >= 4 is 40.0 Å². The van der Waals surface area contributed by atoms with Gasteiger partial charge in [0.25, 0.3) is 5.91 Å². The van der Waals surface area contributed by atoms with E-state index in [9.17, 15) is 9.18 Å². The number of hydrogen-bond acceptors (Lipinski definition) is 6. The van der Waals surface area contributed by atoms with Crippen LogP contribution in [0.4, 0.5) is 10.1 Å². The number of nitrogens with one attached hydrogen (secondary N) is 2. The Bertz CT molecular complexity index is 1300. The molecule has 0 bridgehead atoms. The minimum atomic E-state index is -0.399. The van der Waals surface area contributed by atoms with Crippen LogP contribution in [0.1, 0.15) is 10.4 Å². The van der Waals surface area contributed by atoms with E-state index in [0.29, 0.717) is 45.3 Å². The van der Waals surface area contributed by atoms with Gasteiger partial charge < -0.3 is 19.2 Å². The van der Waals surface area contributed by atoms with Gasteiger partial charge in [0, 0.05) is 16.8 Å². The summed E-state index contributed by atoms with van der Waals surface area (Å²) in [6.07, 6.45) is 0. The molecular formula is C23H18FN3O4S. The second-order valence-corrected chi connectivity index (χ2v) is 7.09. The topological polar surface area (TPSA) is 85.6 Å². The Morgan fingerprint density at radius 3 is 2.47 bits per heavy atom. The van der Waals surface area contributed by atoms with Crippen LogP contribution in [0.25, 0.3) is 22.6 Å². The number of anilines is 1. The number of halogens is 1. The number of rotatable bonds is 5. The molecule has 1 aromatic heterocycles. The van der Waals surface area contributed by atoms with Gasteiger partial charge in [-0.05, 0) is 72.9 Å². The van der Waals surface area contributed by atoms with Gasteiger partial charge in [-0.15, -0.1) is 0 Å². The number of fused-ring (bicyclic) bond motifs is 1. The Labute approximate surface area is 188 Å². The summed E-state index contributed by atoms with van der Waals surface area (Å²) in [5.74, 6) is 0.601. The second-order valence-electron chi connectivity index (χ2n) is 6.69. The summed E-state index contributed by atoms with van der Waals surface area (Å²) in [7, 11) is 3.01. The molecule has 0 saturated heterocycles. The minimum absolute atomic E-state index is 0.117. The lowest BCUT2D eigenvalue weighted by Gasteiger charge is -2.11. The van der Waals surface area contributed by atoms with E-state index in [1.54, 1.807) is 48.5 Å². The minimum Gasteiger partial charge on any atom is -0.493 e. The van der Waals surface area contributed by atoms with E-state index in [1.807, 2.05) is 0 Å². The number of amides is 1. The van der Waals surface area contributed by atoms with Crippen molar-refractivity contribution in [2.24, 2.45) is 0 Å². The molecule has 0 saturated carbocycles. The van der Waals surface area contributed by atoms with Crippen molar-refractivity contribution in [3.8, 4) is 23.0 Å². The maximum absolute atomic E-state index is 13.1. The number of hydrogen-bond donors (Lipinski definition) is 2. The van der Waals surface area contributed by atoms with Gasteiger partial charge in [-0.1, -0.05) is 0 Å². The molecule has 0 fully saturated rings. The molecule has 4 rings (SSSR count). The zero-order valence-corrected chi connectivity index (χ0v) is 18.0. The van der Waals surface area contributed by atoms with Crippen molar-refractivity contribution in [1.29, 1.82) is 0 Å². The third-order valence-corrected chi connectivity index (χ3v) is 4.81. The number of aromatic nitrogens is 1. The lowest BCUT2D eigenvalue weighted by atomic mass is 10.2. The van der Waals surface area contributed by atoms with Crippen LogP contribution in [-0.4, -0.2) is 30.2 Å². The van der Waals surface area contributed by atoms with Crippen molar-refractivity contribution in [1.82, 2.24) is 10.3 Å². The molecule has 32 heavy (non-hydrogen) atoms. The SMILES string of the molecule is COc1ccc(C(=O)NC(=S)Nc2ccc3oc(-c4ccc(F)cc4)nc3c2)cc1OC. The standard InChI is InChI=1S/C23H18FN3O4S/c1-29-19-9-5-14(11-20(19)30-2)21(28)27-23(32)25-16-8-10-18-17(12-16)26-22(31-18)13-3-6-15(24)7-4-13/h3-12H,1-2H3,(H2,25,27,28,32). The number of ether oxygens (including phenoxy) is 2. The van der Waals surface area contributed by atoms with Crippen LogP contribution in [0.15, 0.2) is 65.1 Å². The van der Waals surface area contributed by atoms with Crippen LogP contribution < -0.4 is 20.1 Å². The van der Waals surface area contributed by atoms with Crippen molar-refractivity contribution in [2.45, 2.75) is 0 Å². The first-order chi connectivity index (χ1) is 15.5. The van der Waals surface area contributed by atoms with Gasteiger partial charge in [0.1, 0.15) is 11.3 Å². The van der Waals surface area contributed by atoms with Gasteiger partial charge in [-0.2, -0.15) is 0 Å². The van der Waals surface area contributed by atoms with Crippen LogP contribution in [0.5, 0.6) is 11.5 Å². The molecule has 0 aliphatic carbocycles. The van der Waals surface area contributed by atoms with E-state index in [1.165, 1.54) is 26.4 Å². The zero-order chi connectivity index (χ0) is 22.7. The predicted molar refractivity (Wildman–Crippen MR) is 123 cm³/mol. The summed E-state index contributed by atoms with van der Waals surface area (Å²) in [6.45, 7) is 0. The van der Waals surface area contributed by atoms with Gasteiger partial charge in [-0.3, -0.25) is 10.1 Å². The number of nitrogens with zero attached hydrogens (tertiary/aromatic N) is 1. The molecule has 0 aliphatic heterocycles. The maximum atomic E-state index is 13.1. The van der Waals surface area contributed by atoms with E-state index >= 15 is 0 Å². The van der Waals surface area contributed by atoms with Gasteiger partial charge in [-0.25, -0.2) is 9.37 Å². The van der Waals surface area contributed by atoms with Crippen LogP contribution in [-0.2, 0) is 0 Å². The molecule has 0 unspecified atom stereocenters. The number of carbonyl (C=O) groups is 1. The van der Waals surface area contributed by atoms with Crippen LogP contribution >= 0.6 is 12.2 Å². The third-order valence-electron chi connectivity index (χ3n) is 4.61. The molecule has 0 spiro atoms. The highest BCUT2D eigenvalue weighted by Crippen LogP contribution is 2.28. The van der Waals surface area contributed by atoms with Gasteiger partial charge in [0.15, 0.2) is 22.2 Å². The summed E-state index contributed by atoms with van der Waals surface area (Å²) in [5.41, 5.74) is 2.80. The Kier molecular flexibility index (Phi) is 6.00. The molecule has 1 heterocycles. The van der Waals surface area contributed by atoms with Crippen LogP contribution in [0.3, 0.4) is 0 Å². The quantitative estimate of drug-likeness (QED) is 0.423. The Morgan fingerprint density at radius 2 is 1.75 bits per heavy atom. The molecule has 9 heteroatoms. The molecule has 0 radical (unpaired) electrons. The lowest BCUT2D eigenvalue weighted by Crippen LogP contribution is -2.34. The van der Waals surface area contributed by atoms with E-state index in [4.69, 9.17) is 26.1 Å². The molecule has 0 aliphatic rings. The van der Waals surface area contributed by atoms with E-state index in [0.717, 1.165) is 0 Å². The molecular weight excluding hydrogens is 433 g/mol. The fourth-order valence-electron chi connectivity index (χ4n) is 3.04. The third kappa shape index (κ3) is 4.52. The summed E-state index contributed by atoms with van der Waals surface area (Å²) in [4.78, 5) is 17.0. The fraction of sp³-hybridized carbons (Fsp3) is 0.0870. The normalized spacial score (nSPS) is 10.6. The second kappa shape index (κ2) is 9.03. The average molecular weight is 451 g/mol. The first-order valence-electron chi connectivity index (χ1n) is 9.47. The Morgan fingerprint density at radius 1 is 1.00 bits per heavy atom. The van der Waals surface area contributed by atoms with Crippen LogP contribution in [0, 0.1) is 5.82 Å². The highest BCUT2D eigenvalue weighted by Gasteiger charge is 2.13. The number of thiocarbonyl (C=S) groups is 1. The lowest BCUT2D eigenvalue weighted by molar-refractivity contribution is 0.0977. The van der Waals surface area contributed by atoms with E-state index in [2.05, 4.69) is 15.6 Å². The largest absolute Gasteiger partial charge is 0.493 e. The molecule has 2 N–H and O–H groups in total. The summed E-state index contributed by atoms with van der Waals surface area (Å²) >= 11 is 5.26. The van der Waals surface area contributed by atoms with Gasteiger partial charge >= 0.3 is 0 Å². The van der Waals surface area contributed by atoms with Gasteiger partial charge in [0.05, 0.1) is 14.2 Å². The smallest absolute Gasteiger partial charge is 0.257 e. The highest BCUT2D eigenvalue weighted by molar-refractivity contribution is 7.80. The first kappa shape index (κ1) is 21.3. The molecule has 162 valence electrons. The number of oxazole rings is 1. The van der Waals surface area contributed by atoms with Crippen molar-refractivity contribution < 1.29 is 23.1 Å². The van der Waals surface area contributed by atoms with E-state index < -0.39 is 5.91 Å². The van der Waals surface area contributed by atoms with Crippen LogP contribution in [0.2, 0.25) is 0 Å². The zero-order valence-electron chi connectivity index (χ0n) is 17.1. The van der Waals surface area contributed by atoms with Crippen molar-refractivity contribution in [3.05, 3.63) is 72.0 Å².